The molecule has 0 radical (unpaired) electrons. The van der Waals surface area contributed by atoms with Crippen LogP contribution in [0.25, 0.3) is 11.0 Å². The maximum absolute atomic E-state index is 4.64. The van der Waals surface area contributed by atoms with E-state index in [1.54, 1.807) is 0 Å². The third-order valence-corrected chi connectivity index (χ3v) is 2.85. The number of hydrogen-bond acceptors (Lipinski definition) is 2. The zero-order chi connectivity index (χ0) is 11.7. The molecule has 0 amide bonds. The van der Waals surface area contributed by atoms with E-state index in [9.17, 15) is 0 Å². The van der Waals surface area contributed by atoms with Gasteiger partial charge in [-0.3, -0.25) is 0 Å². The highest BCUT2D eigenvalue weighted by Gasteiger charge is 2.06. The highest BCUT2D eigenvalue weighted by molar-refractivity contribution is 5.76. The molecule has 3 nitrogen and oxygen atoms in total. The molecule has 16 heavy (non-hydrogen) atoms. The summed E-state index contributed by atoms with van der Waals surface area (Å²) in [7, 11) is 6.25. The SMILES string of the molecule is CCc1nc2cc(CN(C)C)ccc2n1C. The van der Waals surface area contributed by atoms with Crippen molar-refractivity contribution in [3.05, 3.63) is 29.6 Å². The molecule has 0 unspecified atom stereocenters. The Balaban J connectivity index is 2.46. The fourth-order valence-corrected chi connectivity index (χ4v) is 2.07. The second kappa shape index (κ2) is 4.26. The number of fused-ring (bicyclic) bond motifs is 1. The Morgan fingerprint density at radius 2 is 2.06 bits per heavy atom. The van der Waals surface area contributed by atoms with Gasteiger partial charge in [0.05, 0.1) is 11.0 Å². The number of hydrogen-bond donors (Lipinski definition) is 0. The van der Waals surface area contributed by atoms with Gasteiger partial charge in [0.1, 0.15) is 5.82 Å². The average molecular weight is 217 g/mol. The Labute approximate surface area is 96.7 Å². The quantitative estimate of drug-likeness (QED) is 0.786. The van der Waals surface area contributed by atoms with Crippen LogP contribution in [0.5, 0.6) is 0 Å². The Kier molecular flexibility index (Phi) is 2.97. The summed E-state index contributed by atoms with van der Waals surface area (Å²) in [5.41, 5.74) is 3.65. The molecule has 2 aromatic rings. The fourth-order valence-electron chi connectivity index (χ4n) is 2.07. The van der Waals surface area contributed by atoms with Crippen LogP contribution >= 0.6 is 0 Å². The van der Waals surface area contributed by atoms with Crippen LogP contribution in [0.1, 0.15) is 18.3 Å². The fraction of sp³-hybridized carbons (Fsp3) is 0.462. The van der Waals surface area contributed by atoms with Crippen LogP contribution in [0.4, 0.5) is 0 Å². The zero-order valence-corrected chi connectivity index (χ0v) is 10.5. The standard InChI is InChI=1S/C13H19N3/c1-5-13-14-11-8-10(9-15(2)3)6-7-12(11)16(13)4/h6-8H,5,9H2,1-4H3. The minimum Gasteiger partial charge on any atom is -0.331 e. The molecule has 0 fully saturated rings. The molecule has 3 heteroatoms. The maximum atomic E-state index is 4.64. The van der Waals surface area contributed by atoms with Crippen molar-refractivity contribution < 1.29 is 0 Å². The van der Waals surface area contributed by atoms with Gasteiger partial charge in [0.15, 0.2) is 0 Å². The van der Waals surface area contributed by atoms with E-state index in [1.807, 2.05) is 0 Å². The molecular formula is C13H19N3. The van der Waals surface area contributed by atoms with E-state index in [1.165, 1.54) is 11.1 Å². The number of rotatable bonds is 3. The van der Waals surface area contributed by atoms with Crippen molar-refractivity contribution >= 4 is 11.0 Å². The second-order valence-corrected chi connectivity index (χ2v) is 4.50. The zero-order valence-electron chi connectivity index (χ0n) is 10.5. The molecule has 1 aromatic heterocycles. The number of aromatic nitrogens is 2. The largest absolute Gasteiger partial charge is 0.331 e. The van der Waals surface area contributed by atoms with Crippen LogP contribution in [-0.2, 0) is 20.0 Å². The van der Waals surface area contributed by atoms with Crippen LogP contribution in [0.15, 0.2) is 18.2 Å². The topological polar surface area (TPSA) is 21.1 Å². The molecule has 0 atom stereocenters. The van der Waals surface area contributed by atoms with Gasteiger partial charge in [0.25, 0.3) is 0 Å². The summed E-state index contributed by atoms with van der Waals surface area (Å²) in [5, 5.41) is 0. The van der Waals surface area contributed by atoms with Crippen molar-refractivity contribution in [2.45, 2.75) is 19.9 Å². The highest BCUT2D eigenvalue weighted by Crippen LogP contribution is 2.17. The van der Waals surface area contributed by atoms with E-state index in [0.29, 0.717) is 0 Å². The van der Waals surface area contributed by atoms with Gasteiger partial charge in [-0.15, -0.1) is 0 Å². The van der Waals surface area contributed by atoms with Crippen LogP contribution in [0.3, 0.4) is 0 Å². The number of benzene rings is 1. The van der Waals surface area contributed by atoms with E-state index < -0.39 is 0 Å². The van der Waals surface area contributed by atoms with Gasteiger partial charge in [-0.05, 0) is 31.8 Å². The molecule has 1 heterocycles. The van der Waals surface area contributed by atoms with E-state index >= 15 is 0 Å². The van der Waals surface area contributed by atoms with Gasteiger partial charge in [0.2, 0.25) is 0 Å². The van der Waals surface area contributed by atoms with E-state index in [2.05, 4.69) is 60.7 Å². The number of nitrogens with zero attached hydrogens (tertiary/aromatic N) is 3. The first-order chi connectivity index (χ1) is 7.61. The van der Waals surface area contributed by atoms with Crippen LogP contribution in [0, 0.1) is 0 Å². The lowest BCUT2D eigenvalue weighted by Crippen LogP contribution is -2.10. The van der Waals surface area contributed by atoms with Crippen molar-refractivity contribution in [2.75, 3.05) is 14.1 Å². The van der Waals surface area contributed by atoms with Gasteiger partial charge in [-0.1, -0.05) is 13.0 Å². The summed E-state index contributed by atoms with van der Waals surface area (Å²) in [6.07, 6.45) is 0.980. The van der Waals surface area contributed by atoms with E-state index in [-0.39, 0.29) is 0 Å². The average Bonchev–Trinajstić information content (AvgIpc) is 2.54. The van der Waals surface area contributed by atoms with Gasteiger partial charge in [-0.2, -0.15) is 0 Å². The maximum Gasteiger partial charge on any atom is 0.109 e. The van der Waals surface area contributed by atoms with Crippen LogP contribution < -0.4 is 0 Å². The summed E-state index contributed by atoms with van der Waals surface area (Å²) < 4.78 is 2.18. The third-order valence-electron chi connectivity index (χ3n) is 2.85. The molecular weight excluding hydrogens is 198 g/mol. The van der Waals surface area contributed by atoms with Crippen LogP contribution in [0.2, 0.25) is 0 Å². The lowest BCUT2D eigenvalue weighted by molar-refractivity contribution is 0.402. The molecule has 0 aliphatic rings. The van der Waals surface area contributed by atoms with Crippen molar-refractivity contribution in [3.8, 4) is 0 Å². The first-order valence-electron chi connectivity index (χ1n) is 5.70. The van der Waals surface area contributed by atoms with E-state index in [4.69, 9.17) is 0 Å². The Morgan fingerprint density at radius 3 is 2.69 bits per heavy atom. The first kappa shape index (κ1) is 11.1. The highest BCUT2D eigenvalue weighted by atomic mass is 15.1. The lowest BCUT2D eigenvalue weighted by Gasteiger charge is -2.09. The van der Waals surface area contributed by atoms with Crippen molar-refractivity contribution in [1.29, 1.82) is 0 Å². The third kappa shape index (κ3) is 1.95. The normalized spacial score (nSPS) is 11.6. The summed E-state index contributed by atoms with van der Waals surface area (Å²) in [6.45, 7) is 3.11. The molecule has 0 aliphatic carbocycles. The lowest BCUT2D eigenvalue weighted by atomic mass is 10.2. The Bertz CT molecular complexity index is 497. The van der Waals surface area contributed by atoms with Gasteiger partial charge >= 0.3 is 0 Å². The molecule has 0 N–H and O–H groups in total. The molecule has 0 saturated heterocycles. The minimum absolute atomic E-state index is 0.966. The Morgan fingerprint density at radius 1 is 1.31 bits per heavy atom. The summed E-state index contributed by atoms with van der Waals surface area (Å²) in [5.74, 6) is 1.15. The predicted molar refractivity (Wildman–Crippen MR) is 67.5 cm³/mol. The number of imidazole rings is 1. The van der Waals surface area contributed by atoms with Gasteiger partial charge in [0, 0.05) is 20.0 Å². The Hall–Kier alpha value is -1.35. The molecule has 0 aliphatic heterocycles. The molecule has 0 spiro atoms. The van der Waals surface area contributed by atoms with Gasteiger partial charge < -0.3 is 9.47 Å². The molecule has 1 aromatic carbocycles. The second-order valence-electron chi connectivity index (χ2n) is 4.50. The number of aryl methyl sites for hydroxylation is 2. The smallest absolute Gasteiger partial charge is 0.109 e. The van der Waals surface area contributed by atoms with Crippen LogP contribution in [-0.4, -0.2) is 28.5 Å². The summed E-state index contributed by atoms with van der Waals surface area (Å²) >= 11 is 0. The van der Waals surface area contributed by atoms with Gasteiger partial charge in [-0.25, -0.2) is 4.98 Å². The first-order valence-corrected chi connectivity index (χ1v) is 5.70. The van der Waals surface area contributed by atoms with Crippen molar-refractivity contribution in [2.24, 2.45) is 7.05 Å². The summed E-state index contributed by atoms with van der Waals surface area (Å²) in [4.78, 5) is 6.81. The molecule has 0 bridgehead atoms. The van der Waals surface area contributed by atoms with Crippen molar-refractivity contribution in [1.82, 2.24) is 14.5 Å². The van der Waals surface area contributed by atoms with Crippen molar-refractivity contribution in [3.63, 3.8) is 0 Å². The molecule has 2 rings (SSSR count). The minimum atomic E-state index is 0.966. The predicted octanol–water partition coefficient (Wildman–Crippen LogP) is 2.20. The molecule has 86 valence electrons. The summed E-state index contributed by atoms with van der Waals surface area (Å²) in [6, 6.07) is 6.54. The van der Waals surface area contributed by atoms with E-state index in [0.717, 1.165) is 24.3 Å². The molecule has 0 saturated carbocycles. The monoisotopic (exact) mass is 217 g/mol.